The zero-order valence-electron chi connectivity index (χ0n) is 14.7. The van der Waals surface area contributed by atoms with E-state index in [-0.39, 0.29) is 4.90 Å². The molecule has 4 N–H and O–H groups in total. The van der Waals surface area contributed by atoms with E-state index >= 15 is 0 Å². The van der Waals surface area contributed by atoms with Crippen LogP contribution in [-0.4, -0.2) is 20.2 Å². The number of sulfonamides is 1. The number of carbonyl (C=O) groups excluding carboxylic acids is 2. The van der Waals surface area contributed by atoms with Crippen molar-refractivity contribution in [2.45, 2.75) is 31.7 Å². The smallest absolute Gasteiger partial charge is 0.313 e. The predicted octanol–water partition coefficient (Wildman–Crippen LogP) is 1.77. The van der Waals surface area contributed by atoms with Gasteiger partial charge in [0.1, 0.15) is 0 Å². The van der Waals surface area contributed by atoms with Gasteiger partial charge in [-0.25, -0.2) is 13.6 Å². The zero-order chi connectivity index (χ0) is 19.5. The standard InChI is InChI=1S/C18H21N3O4S/c1-11-4-5-12(2)16(10-11)21-18(23)17(22)20-13(3)14-6-8-15(9-7-14)26(19,24)25/h4-10,13H,1-3H3,(H,20,22)(H,21,23)(H2,19,24,25)/t13-/m1/s1. The highest BCUT2D eigenvalue weighted by molar-refractivity contribution is 7.89. The highest BCUT2D eigenvalue weighted by Crippen LogP contribution is 2.17. The van der Waals surface area contributed by atoms with Gasteiger partial charge in [0.05, 0.1) is 10.9 Å². The minimum Gasteiger partial charge on any atom is -0.341 e. The van der Waals surface area contributed by atoms with Crippen LogP contribution in [0.1, 0.15) is 29.7 Å². The van der Waals surface area contributed by atoms with E-state index in [1.54, 1.807) is 13.0 Å². The molecule has 1 atom stereocenters. The molecule has 0 unspecified atom stereocenters. The predicted molar refractivity (Wildman–Crippen MR) is 98.9 cm³/mol. The Hall–Kier alpha value is -2.71. The molecule has 2 aromatic rings. The van der Waals surface area contributed by atoms with Crippen molar-refractivity contribution in [1.29, 1.82) is 0 Å². The van der Waals surface area contributed by atoms with Crippen molar-refractivity contribution in [3.8, 4) is 0 Å². The van der Waals surface area contributed by atoms with Gasteiger partial charge in [-0.05, 0) is 55.7 Å². The second-order valence-electron chi connectivity index (χ2n) is 6.08. The molecule has 0 aromatic heterocycles. The number of carbonyl (C=O) groups is 2. The third-order valence-corrected chi connectivity index (χ3v) is 4.83. The largest absolute Gasteiger partial charge is 0.341 e. The molecular weight excluding hydrogens is 354 g/mol. The summed E-state index contributed by atoms with van der Waals surface area (Å²) >= 11 is 0. The number of benzene rings is 2. The van der Waals surface area contributed by atoms with Crippen LogP contribution in [0.25, 0.3) is 0 Å². The van der Waals surface area contributed by atoms with Crippen LogP contribution in [-0.2, 0) is 19.6 Å². The molecule has 0 heterocycles. The Kier molecular flexibility index (Phi) is 5.79. The molecule has 7 nitrogen and oxygen atoms in total. The highest BCUT2D eigenvalue weighted by atomic mass is 32.2. The zero-order valence-corrected chi connectivity index (χ0v) is 15.6. The van der Waals surface area contributed by atoms with E-state index in [1.807, 2.05) is 26.0 Å². The molecule has 0 aliphatic carbocycles. The average molecular weight is 375 g/mol. The van der Waals surface area contributed by atoms with E-state index < -0.39 is 27.9 Å². The molecule has 2 aromatic carbocycles. The Morgan fingerprint density at radius 3 is 2.19 bits per heavy atom. The minimum absolute atomic E-state index is 0.0209. The van der Waals surface area contributed by atoms with Gasteiger partial charge in [-0.2, -0.15) is 0 Å². The number of anilines is 1. The Morgan fingerprint density at radius 1 is 1.00 bits per heavy atom. The summed E-state index contributed by atoms with van der Waals surface area (Å²) in [7, 11) is -3.78. The fourth-order valence-electron chi connectivity index (χ4n) is 2.34. The van der Waals surface area contributed by atoms with Crippen molar-refractivity contribution in [3.05, 3.63) is 59.2 Å². The van der Waals surface area contributed by atoms with Crippen LogP contribution in [0.2, 0.25) is 0 Å². The van der Waals surface area contributed by atoms with Crippen LogP contribution < -0.4 is 15.8 Å². The van der Waals surface area contributed by atoms with Crippen LogP contribution >= 0.6 is 0 Å². The maximum atomic E-state index is 12.1. The Labute approximate surface area is 152 Å². The molecule has 0 aliphatic heterocycles. The molecule has 0 radical (unpaired) electrons. The summed E-state index contributed by atoms with van der Waals surface area (Å²) in [5, 5.41) is 10.2. The molecule has 2 rings (SSSR count). The second-order valence-corrected chi connectivity index (χ2v) is 7.64. The molecule has 138 valence electrons. The van der Waals surface area contributed by atoms with Crippen molar-refractivity contribution >= 4 is 27.5 Å². The first kappa shape index (κ1) is 19.6. The quantitative estimate of drug-likeness (QED) is 0.706. The lowest BCUT2D eigenvalue weighted by atomic mass is 10.1. The molecule has 26 heavy (non-hydrogen) atoms. The summed E-state index contributed by atoms with van der Waals surface area (Å²) < 4.78 is 22.5. The number of hydrogen-bond donors (Lipinski definition) is 3. The summed E-state index contributed by atoms with van der Waals surface area (Å²) in [5.41, 5.74) is 3.04. The average Bonchev–Trinajstić information content (AvgIpc) is 2.57. The monoisotopic (exact) mass is 375 g/mol. The number of nitrogens with two attached hydrogens (primary N) is 1. The minimum atomic E-state index is -3.78. The van der Waals surface area contributed by atoms with Gasteiger partial charge in [0.15, 0.2) is 0 Å². The summed E-state index contributed by atoms with van der Waals surface area (Å²) in [6.45, 7) is 5.42. The lowest BCUT2D eigenvalue weighted by Gasteiger charge is -2.15. The van der Waals surface area contributed by atoms with E-state index in [0.717, 1.165) is 11.1 Å². The van der Waals surface area contributed by atoms with Crippen molar-refractivity contribution in [2.75, 3.05) is 5.32 Å². The fourth-order valence-corrected chi connectivity index (χ4v) is 2.86. The van der Waals surface area contributed by atoms with Crippen molar-refractivity contribution in [1.82, 2.24) is 5.32 Å². The Morgan fingerprint density at radius 2 is 1.62 bits per heavy atom. The molecule has 8 heteroatoms. The summed E-state index contributed by atoms with van der Waals surface area (Å²) in [5.74, 6) is -1.55. The maximum Gasteiger partial charge on any atom is 0.313 e. The molecule has 2 amide bonds. The van der Waals surface area contributed by atoms with E-state index in [4.69, 9.17) is 5.14 Å². The van der Waals surface area contributed by atoms with Gasteiger partial charge in [-0.15, -0.1) is 0 Å². The fraction of sp³-hybridized carbons (Fsp3) is 0.222. The van der Waals surface area contributed by atoms with Crippen LogP contribution in [0.4, 0.5) is 5.69 Å². The maximum absolute atomic E-state index is 12.1. The Bertz CT molecular complexity index is 937. The van der Waals surface area contributed by atoms with Crippen molar-refractivity contribution in [2.24, 2.45) is 5.14 Å². The van der Waals surface area contributed by atoms with Crippen LogP contribution in [0.5, 0.6) is 0 Å². The Balaban J connectivity index is 2.04. The first-order chi connectivity index (χ1) is 12.1. The van der Waals surface area contributed by atoms with Gasteiger partial charge in [0.25, 0.3) is 0 Å². The number of aryl methyl sites for hydroxylation is 2. The molecule has 0 saturated heterocycles. The normalized spacial score (nSPS) is 12.3. The van der Waals surface area contributed by atoms with E-state index in [1.165, 1.54) is 24.3 Å². The first-order valence-corrected chi connectivity index (χ1v) is 9.44. The number of amides is 2. The van der Waals surface area contributed by atoms with Gasteiger partial charge < -0.3 is 10.6 Å². The summed E-state index contributed by atoms with van der Waals surface area (Å²) in [4.78, 5) is 24.2. The molecular formula is C18H21N3O4S. The third-order valence-electron chi connectivity index (χ3n) is 3.90. The summed E-state index contributed by atoms with van der Waals surface area (Å²) in [6.07, 6.45) is 0. The lowest BCUT2D eigenvalue weighted by molar-refractivity contribution is -0.136. The van der Waals surface area contributed by atoms with E-state index in [9.17, 15) is 18.0 Å². The number of primary sulfonamides is 1. The van der Waals surface area contributed by atoms with Crippen LogP contribution in [0.3, 0.4) is 0 Å². The second kappa shape index (κ2) is 7.67. The van der Waals surface area contributed by atoms with E-state index in [0.29, 0.717) is 11.3 Å². The van der Waals surface area contributed by atoms with Crippen LogP contribution in [0.15, 0.2) is 47.4 Å². The molecule has 0 aliphatic rings. The SMILES string of the molecule is Cc1ccc(C)c(NC(=O)C(=O)N[C@H](C)c2ccc(S(N)(=O)=O)cc2)c1. The first-order valence-electron chi connectivity index (χ1n) is 7.90. The van der Waals surface area contributed by atoms with Gasteiger partial charge in [-0.1, -0.05) is 24.3 Å². The summed E-state index contributed by atoms with van der Waals surface area (Å²) in [6, 6.07) is 10.8. The van der Waals surface area contributed by atoms with Crippen molar-refractivity contribution < 1.29 is 18.0 Å². The van der Waals surface area contributed by atoms with Gasteiger partial charge >= 0.3 is 11.8 Å². The molecule has 0 saturated carbocycles. The number of rotatable bonds is 4. The third kappa shape index (κ3) is 4.90. The lowest BCUT2D eigenvalue weighted by Crippen LogP contribution is -2.37. The van der Waals surface area contributed by atoms with Gasteiger partial charge in [0, 0.05) is 5.69 Å². The number of nitrogens with one attached hydrogen (secondary N) is 2. The highest BCUT2D eigenvalue weighted by Gasteiger charge is 2.18. The van der Waals surface area contributed by atoms with E-state index in [2.05, 4.69) is 10.6 Å². The molecule has 0 bridgehead atoms. The number of hydrogen-bond acceptors (Lipinski definition) is 4. The van der Waals surface area contributed by atoms with Gasteiger partial charge in [-0.3, -0.25) is 9.59 Å². The topological polar surface area (TPSA) is 118 Å². The van der Waals surface area contributed by atoms with Crippen molar-refractivity contribution in [3.63, 3.8) is 0 Å². The molecule has 0 fully saturated rings. The van der Waals surface area contributed by atoms with Crippen LogP contribution in [0, 0.1) is 13.8 Å². The molecule has 0 spiro atoms. The van der Waals surface area contributed by atoms with Gasteiger partial charge in [0.2, 0.25) is 10.0 Å².